The molecule has 5 aliphatic rings. The number of hydrogen-bond acceptors (Lipinski definition) is 12. The van der Waals surface area contributed by atoms with Crippen LogP contribution in [0.5, 0.6) is 0 Å². The predicted molar refractivity (Wildman–Crippen MR) is 227 cm³/mol. The number of alkyl halides is 2. The van der Waals surface area contributed by atoms with E-state index in [9.17, 15) is 33.1 Å². The Labute approximate surface area is 365 Å². The van der Waals surface area contributed by atoms with E-state index in [0.717, 1.165) is 32.4 Å². The quantitative estimate of drug-likeness (QED) is 0.137. The van der Waals surface area contributed by atoms with Gasteiger partial charge in [-0.3, -0.25) is 33.5 Å². The lowest BCUT2D eigenvalue weighted by Gasteiger charge is -2.38. The molecule has 6 atom stereocenters. The molecule has 5 aromatic rings. The lowest BCUT2D eigenvalue weighted by molar-refractivity contribution is -0.135. The number of fused-ring (bicyclic) bond motifs is 4. The van der Waals surface area contributed by atoms with Crippen LogP contribution < -0.4 is 21.2 Å². The molecule has 18 nitrogen and oxygen atoms in total. The zero-order chi connectivity index (χ0) is 44.2. The summed E-state index contributed by atoms with van der Waals surface area (Å²) in [5.74, 6) is 5.48. The second-order valence-electron chi connectivity index (χ2n) is 17.5. The highest BCUT2D eigenvalue weighted by Gasteiger charge is 2.40. The Morgan fingerprint density at radius 3 is 2.69 bits per heavy atom. The van der Waals surface area contributed by atoms with Crippen LogP contribution in [-0.4, -0.2) is 125 Å². The van der Waals surface area contributed by atoms with Crippen LogP contribution in [0.15, 0.2) is 47.7 Å². The van der Waals surface area contributed by atoms with E-state index in [1.807, 2.05) is 12.1 Å². The summed E-state index contributed by atoms with van der Waals surface area (Å²) in [6.07, 6.45) is 5.70. The second-order valence-corrected chi connectivity index (χ2v) is 17.5. The number of imidazole rings is 1. The largest absolute Gasteiger partial charge is 0.393 e. The van der Waals surface area contributed by atoms with Crippen molar-refractivity contribution in [3.8, 4) is 11.8 Å². The smallest absolute Gasteiger partial charge is 0.329 e. The summed E-state index contributed by atoms with van der Waals surface area (Å²) in [6, 6.07) is 6.35. The molecule has 10 rings (SSSR count). The van der Waals surface area contributed by atoms with Gasteiger partial charge in [0.15, 0.2) is 11.3 Å². The first-order valence-corrected chi connectivity index (χ1v) is 21.9. The van der Waals surface area contributed by atoms with E-state index in [1.54, 1.807) is 25.4 Å². The number of benzene rings is 1. The standard InChI is InChI=1S/C44H49F2N11O7/c1-52-39-25(4-2-6-33(39)57(44(52)62)34-9-10-37(59)50-43(34)61)5-3-17-63-29-11-14-53(15-12-29)21-26-7-8-27(19-35(26)58)56-23-32(38(51-56)40(45)46)48-42(60)31-20-47-55-16-13-36(49-41(31)55)54-22-30-18-28(54)24-64-30/h2,4,6,13,16,20,23,26-30,34-35,40,58H,7-12,14-15,17-19,21-22,24H2,1H3,(H,48,60)(H,50,59,61)/t26-,27+,28-,30-,34?,35?/m1/s1. The Hall–Kier alpha value is -6.01. The van der Waals surface area contributed by atoms with E-state index < -0.39 is 36.1 Å². The number of imide groups is 1. The normalized spacial score (nSPS) is 25.4. The fourth-order valence-electron chi connectivity index (χ4n) is 10.2. The number of carbonyl (C=O) groups is 3. The summed E-state index contributed by atoms with van der Waals surface area (Å²) in [4.78, 5) is 60.3. The van der Waals surface area contributed by atoms with Crippen molar-refractivity contribution in [3.63, 3.8) is 0 Å². The SMILES string of the molecule is Cn1c(=O)n(C2CCC(=O)NC2=O)c2cccc(C#CCOC3CCN(C[C@H]4CC[C@H](n5cc(NC(=O)c6cnn7ccc(N8C[C@H]9C[C@@H]8CO9)nc67)c(C(F)F)n5)CC4O)CC3)c21. The molecule has 1 saturated carbocycles. The number of aromatic nitrogens is 7. The number of aliphatic hydroxyl groups excluding tert-OH is 1. The van der Waals surface area contributed by atoms with Gasteiger partial charge in [-0.25, -0.2) is 23.1 Å². The number of likely N-dealkylation sites (tertiary alicyclic amines) is 1. The number of ether oxygens (including phenoxy) is 2. The Kier molecular flexibility index (Phi) is 11.3. The molecular weight excluding hydrogens is 833 g/mol. The number of hydrogen-bond donors (Lipinski definition) is 3. The lowest BCUT2D eigenvalue weighted by atomic mass is 9.83. The van der Waals surface area contributed by atoms with E-state index in [1.165, 1.54) is 30.7 Å². The van der Waals surface area contributed by atoms with Crippen molar-refractivity contribution in [2.45, 2.75) is 94.2 Å². The van der Waals surface area contributed by atoms with Gasteiger partial charge in [-0.05, 0) is 69.1 Å². The Morgan fingerprint density at radius 2 is 1.94 bits per heavy atom. The fourth-order valence-corrected chi connectivity index (χ4v) is 10.2. The van der Waals surface area contributed by atoms with Gasteiger partial charge in [0, 0.05) is 52.0 Å². The molecule has 0 radical (unpaired) electrons. The third-order valence-electron chi connectivity index (χ3n) is 13.6. The van der Waals surface area contributed by atoms with Crippen LogP contribution in [0.3, 0.4) is 0 Å². The predicted octanol–water partition coefficient (Wildman–Crippen LogP) is 2.96. The van der Waals surface area contributed by atoms with Crippen molar-refractivity contribution >= 4 is 45.9 Å². The number of aliphatic hydroxyl groups is 1. The third-order valence-corrected chi connectivity index (χ3v) is 13.6. The topological polar surface area (TPSA) is 195 Å². The molecule has 3 N–H and O–H groups in total. The first-order chi connectivity index (χ1) is 31.0. The highest BCUT2D eigenvalue weighted by molar-refractivity contribution is 6.08. The molecule has 0 spiro atoms. The van der Waals surface area contributed by atoms with Gasteiger partial charge in [0.1, 0.15) is 24.0 Å². The summed E-state index contributed by atoms with van der Waals surface area (Å²) in [6.45, 7) is 3.82. The number of anilines is 2. The van der Waals surface area contributed by atoms with Crippen LogP contribution >= 0.6 is 0 Å². The van der Waals surface area contributed by atoms with E-state index >= 15 is 0 Å². The average Bonchev–Trinajstić information content (AvgIpc) is 4.14. The Morgan fingerprint density at radius 1 is 1.09 bits per heavy atom. The maximum absolute atomic E-state index is 14.3. The highest BCUT2D eigenvalue weighted by atomic mass is 19.3. The summed E-state index contributed by atoms with van der Waals surface area (Å²) >= 11 is 0. The molecule has 1 aromatic carbocycles. The monoisotopic (exact) mass is 881 g/mol. The van der Waals surface area contributed by atoms with Gasteiger partial charge in [-0.2, -0.15) is 10.2 Å². The Bertz CT molecular complexity index is 2740. The van der Waals surface area contributed by atoms with Crippen molar-refractivity contribution in [3.05, 3.63) is 70.2 Å². The number of morpholine rings is 1. The highest BCUT2D eigenvalue weighted by Crippen LogP contribution is 2.37. The molecule has 1 aliphatic carbocycles. The number of carbonyl (C=O) groups excluding carboxylic acids is 3. The van der Waals surface area contributed by atoms with Crippen LogP contribution in [0.25, 0.3) is 16.7 Å². The van der Waals surface area contributed by atoms with Gasteiger partial charge in [-0.1, -0.05) is 17.9 Å². The maximum Gasteiger partial charge on any atom is 0.329 e. The molecule has 64 heavy (non-hydrogen) atoms. The van der Waals surface area contributed by atoms with Crippen molar-refractivity contribution in [2.75, 3.05) is 49.6 Å². The minimum Gasteiger partial charge on any atom is -0.393 e. The van der Waals surface area contributed by atoms with Gasteiger partial charge < -0.3 is 29.7 Å². The van der Waals surface area contributed by atoms with E-state index in [-0.39, 0.29) is 72.5 Å². The van der Waals surface area contributed by atoms with Crippen molar-refractivity contribution in [1.29, 1.82) is 0 Å². The molecule has 4 aliphatic heterocycles. The molecule has 8 heterocycles. The summed E-state index contributed by atoms with van der Waals surface area (Å²) in [5.41, 5.74) is 1.30. The molecular formula is C44H49F2N11O7. The number of halogens is 2. The Balaban J connectivity index is 0.712. The molecule has 5 fully saturated rings. The number of nitrogens with one attached hydrogen (secondary N) is 2. The van der Waals surface area contributed by atoms with Crippen LogP contribution in [0.4, 0.5) is 20.3 Å². The summed E-state index contributed by atoms with van der Waals surface area (Å²) in [5, 5.41) is 24.7. The summed E-state index contributed by atoms with van der Waals surface area (Å²) in [7, 11) is 1.64. The zero-order valence-corrected chi connectivity index (χ0v) is 35.2. The number of rotatable bonds is 10. The molecule has 2 bridgehead atoms. The van der Waals surface area contributed by atoms with Crippen LogP contribution in [0, 0.1) is 17.8 Å². The first-order valence-electron chi connectivity index (χ1n) is 21.9. The minimum absolute atomic E-state index is 0.00342. The van der Waals surface area contributed by atoms with Crippen molar-refractivity contribution in [1.82, 2.24) is 43.7 Å². The van der Waals surface area contributed by atoms with Crippen LogP contribution in [0.1, 0.15) is 91.5 Å². The molecule has 4 aromatic heterocycles. The van der Waals surface area contributed by atoms with Crippen molar-refractivity contribution < 1.29 is 37.7 Å². The number of amides is 3. The molecule has 4 saturated heterocycles. The lowest BCUT2D eigenvalue weighted by Crippen LogP contribution is -2.44. The second kappa shape index (κ2) is 17.2. The zero-order valence-electron chi connectivity index (χ0n) is 35.2. The van der Waals surface area contributed by atoms with Gasteiger partial charge in [0.05, 0.1) is 65.5 Å². The molecule has 2 unspecified atom stereocenters. The van der Waals surface area contributed by atoms with Crippen LogP contribution in [0.2, 0.25) is 0 Å². The number of nitrogens with zero attached hydrogens (tertiary/aromatic N) is 9. The van der Waals surface area contributed by atoms with E-state index in [2.05, 4.69) is 42.5 Å². The van der Waals surface area contributed by atoms with Gasteiger partial charge in [-0.15, -0.1) is 0 Å². The molecule has 3 amide bonds. The number of piperidine rings is 2. The molecule has 20 heteroatoms. The van der Waals surface area contributed by atoms with Gasteiger partial charge in [0.25, 0.3) is 12.3 Å². The minimum atomic E-state index is -2.93. The number of para-hydroxylation sites is 1. The summed E-state index contributed by atoms with van der Waals surface area (Å²) < 4.78 is 46.3. The third kappa shape index (κ3) is 7.94. The first kappa shape index (κ1) is 42.0. The average molecular weight is 882 g/mol. The maximum atomic E-state index is 14.3. The van der Waals surface area contributed by atoms with Crippen LogP contribution in [-0.2, 0) is 26.1 Å². The van der Waals surface area contributed by atoms with Crippen molar-refractivity contribution in [2.24, 2.45) is 13.0 Å². The number of aryl methyl sites for hydroxylation is 1. The van der Waals surface area contributed by atoms with E-state index in [4.69, 9.17) is 14.5 Å². The van der Waals surface area contributed by atoms with Gasteiger partial charge in [0.2, 0.25) is 11.8 Å². The van der Waals surface area contributed by atoms with Gasteiger partial charge >= 0.3 is 5.69 Å². The fraction of sp³-hybridized carbons (Fsp3) is 0.523. The molecule has 336 valence electrons. The van der Waals surface area contributed by atoms with E-state index in [0.29, 0.717) is 67.0 Å².